The largest absolute Gasteiger partial charge is 0.355 e. The second kappa shape index (κ2) is 7.12. The summed E-state index contributed by atoms with van der Waals surface area (Å²) in [7, 11) is 0. The quantitative estimate of drug-likeness (QED) is 0.689. The molecular formula is C12H22N4O2S. The van der Waals surface area contributed by atoms with Crippen LogP contribution in [0.15, 0.2) is 0 Å². The monoisotopic (exact) mass is 286 g/mol. The third-order valence-corrected chi connectivity index (χ3v) is 4.38. The normalized spacial score (nSPS) is 24.5. The van der Waals surface area contributed by atoms with Crippen LogP contribution >= 0.6 is 11.8 Å². The molecule has 2 N–H and O–H groups in total. The molecule has 108 valence electrons. The average Bonchev–Trinajstić information content (AvgIpc) is 2.93. The highest BCUT2D eigenvalue weighted by atomic mass is 32.2. The topological polar surface area (TPSA) is 64.7 Å². The smallest absolute Gasteiger partial charge is 0.240 e. The first-order chi connectivity index (χ1) is 9.20. The number of carbonyl (C=O) groups excluding carboxylic acids is 2. The molecule has 2 rings (SSSR count). The summed E-state index contributed by atoms with van der Waals surface area (Å²) < 4.78 is 0. The van der Waals surface area contributed by atoms with Crippen molar-refractivity contribution in [3.05, 3.63) is 0 Å². The van der Waals surface area contributed by atoms with Crippen LogP contribution in [-0.4, -0.2) is 78.6 Å². The van der Waals surface area contributed by atoms with Crippen LogP contribution in [0.3, 0.4) is 0 Å². The molecule has 2 aliphatic rings. The second-order valence-electron chi connectivity index (χ2n) is 4.83. The predicted octanol–water partition coefficient (Wildman–Crippen LogP) is -1.07. The summed E-state index contributed by atoms with van der Waals surface area (Å²) in [6, 6.07) is -0.0139. The lowest BCUT2D eigenvalue weighted by molar-refractivity contribution is -0.134. The molecule has 6 nitrogen and oxygen atoms in total. The minimum atomic E-state index is -0.0139. The van der Waals surface area contributed by atoms with E-state index in [1.807, 2.05) is 11.8 Å². The van der Waals surface area contributed by atoms with Gasteiger partial charge in [-0.15, -0.1) is 11.8 Å². The first-order valence-electron chi connectivity index (χ1n) is 6.79. The molecule has 7 heteroatoms. The average molecular weight is 286 g/mol. The Morgan fingerprint density at radius 1 is 1.32 bits per heavy atom. The fraction of sp³-hybridized carbons (Fsp3) is 0.833. The van der Waals surface area contributed by atoms with Gasteiger partial charge >= 0.3 is 0 Å². The van der Waals surface area contributed by atoms with E-state index in [1.54, 1.807) is 11.8 Å². The van der Waals surface area contributed by atoms with Gasteiger partial charge in [-0.3, -0.25) is 19.8 Å². The van der Waals surface area contributed by atoms with Crippen LogP contribution in [0.2, 0.25) is 0 Å². The SMILES string of the molecule is CCNC(=O)CN1CCN(C(=O)C2CSCN2)CC1. The van der Waals surface area contributed by atoms with Gasteiger partial charge in [-0.25, -0.2) is 0 Å². The fourth-order valence-corrected chi connectivity index (χ4v) is 3.29. The van der Waals surface area contributed by atoms with Gasteiger partial charge in [0.25, 0.3) is 0 Å². The molecule has 1 atom stereocenters. The Labute approximate surface area is 118 Å². The van der Waals surface area contributed by atoms with Crippen LogP contribution in [0.25, 0.3) is 0 Å². The van der Waals surface area contributed by atoms with E-state index in [4.69, 9.17) is 0 Å². The van der Waals surface area contributed by atoms with E-state index in [9.17, 15) is 9.59 Å². The Balaban J connectivity index is 1.72. The van der Waals surface area contributed by atoms with Crippen LogP contribution in [0.1, 0.15) is 6.92 Å². The van der Waals surface area contributed by atoms with Gasteiger partial charge < -0.3 is 10.2 Å². The van der Waals surface area contributed by atoms with Crippen molar-refractivity contribution in [3.63, 3.8) is 0 Å². The molecule has 0 aromatic carbocycles. The maximum Gasteiger partial charge on any atom is 0.240 e. The zero-order valence-corrected chi connectivity index (χ0v) is 12.2. The van der Waals surface area contributed by atoms with Crippen LogP contribution in [0.4, 0.5) is 0 Å². The van der Waals surface area contributed by atoms with Gasteiger partial charge in [0.2, 0.25) is 11.8 Å². The molecular weight excluding hydrogens is 264 g/mol. The Morgan fingerprint density at radius 2 is 2.05 bits per heavy atom. The van der Waals surface area contributed by atoms with Crippen molar-refractivity contribution in [1.29, 1.82) is 0 Å². The van der Waals surface area contributed by atoms with E-state index in [0.29, 0.717) is 13.1 Å². The fourth-order valence-electron chi connectivity index (χ4n) is 2.36. The number of thioether (sulfide) groups is 1. The number of piperazine rings is 1. The highest BCUT2D eigenvalue weighted by Crippen LogP contribution is 2.13. The van der Waals surface area contributed by atoms with Crippen LogP contribution in [-0.2, 0) is 9.59 Å². The second-order valence-corrected chi connectivity index (χ2v) is 5.86. The maximum absolute atomic E-state index is 12.2. The lowest BCUT2D eigenvalue weighted by Crippen LogP contribution is -2.54. The molecule has 2 heterocycles. The summed E-state index contributed by atoms with van der Waals surface area (Å²) in [4.78, 5) is 27.7. The van der Waals surface area contributed by atoms with Gasteiger partial charge in [-0.2, -0.15) is 0 Å². The molecule has 0 aromatic heterocycles. The van der Waals surface area contributed by atoms with E-state index >= 15 is 0 Å². The Hall–Kier alpha value is -0.790. The van der Waals surface area contributed by atoms with Crippen LogP contribution < -0.4 is 10.6 Å². The molecule has 19 heavy (non-hydrogen) atoms. The first-order valence-corrected chi connectivity index (χ1v) is 7.95. The summed E-state index contributed by atoms with van der Waals surface area (Å²) >= 11 is 1.77. The van der Waals surface area contributed by atoms with Crippen molar-refractivity contribution in [3.8, 4) is 0 Å². The van der Waals surface area contributed by atoms with E-state index < -0.39 is 0 Å². The molecule has 0 bridgehead atoms. The van der Waals surface area contributed by atoms with E-state index in [2.05, 4.69) is 15.5 Å². The molecule has 1 unspecified atom stereocenters. The number of hydrogen-bond donors (Lipinski definition) is 2. The third kappa shape index (κ3) is 4.09. The van der Waals surface area contributed by atoms with Gasteiger partial charge in [-0.05, 0) is 6.92 Å². The van der Waals surface area contributed by atoms with Crippen LogP contribution in [0, 0.1) is 0 Å². The maximum atomic E-state index is 12.2. The number of hydrogen-bond acceptors (Lipinski definition) is 5. The molecule has 0 aliphatic carbocycles. The molecule has 2 saturated heterocycles. The highest BCUT2D eigenvalue weighted by molar-refractivity contribution is 7.99. The van der Waals surface area contributed by atoms with Crippen molar-refractivity contribution in [2.75, 3.05) is 50.9 Å². The van der Waals surface area contributed by atoms with Gasteiger partial charge in [0.15, 0.2) is 0 Å². The standard InChI is InChI=1S/C12H22N4O2S/c1-2-13-11(17)7-15-3-5-16(6-4-15)12(18)10-8-19-9-14-10/h10,14H,2-9H2,1H3,(H,13,17). The number of likely N-dealkylation sites (N-methyl/N-ethyl adjacent to an activating group) is 1. The molecule has 0 saturated carbocycles. The zero-order valence-electron chi connectivity index (χ0n) is 11.4. The van der Waals surface area contributed by atoms with E-state index in [0.717, 1.165) is 37.8 Å². The van der Waals surface area contributed by atoms with Crippen molar-refractivity contribution in [1.82, 2.24) is 20.4 Å². The summed E-state index contributed by atoms with van der Waals surface area (Å²) in [6.45, 7) is 6.03. The Bertz CT molecular complexity index is 326. The Kier molecular flexibility index (Phi) is 5.47. The number of nitrogens with one attached hydrogen (secondary N) is 2. The molecule has 2 fully saturated rings. The van der Waals surface area contributed by atoms with Gasteiger partial charge in [-0.1, -0.05) is 0 Å². The Morgan fingerprint density at radius 3 is 2.63 bits per heavy atom. The lowest BCUT2D eigenvalue weighted by atomic mass is 10.2. The van der Waals surface area contributed by atoms with Crippen LogP contribution in [0.5, 0.6) is 0 Å². The summed E-state index contributed by atoms with van der Waals surface area (Å²) in [5.74, 6) is 2.02. The van der Waals surface area contributed by atoms with Crippen molar-refractivity contribution >= 4 is 23.6 Å². The van der Waals surface area contributed by atoms with Crippen molar-refractivity contribution in [2.45, 2.75) is 13.0 Å². The molecule has 0 radical (unpaired) electrons. The summed E-state index contributed by atoms with van der Waals surface area (Å²) in [5.41, 5.74) is 0. The molecule has 2 amide bonds. The number of amides is 2. The zero-order chi connectivity index (χ0) is 13.7. The minimum Gasteiger partial charge on any atom is -0.355 e. The number of rotatable bonds is 4. The number of carbonyl (C=O) groups is 2. The molecule has 0 spiro atoms. The minimum absolute atomic E-state index is 0.0139. The molecule has 0 aromatic rings. The van der Waals surface area contributed by atoms with Gasteiger partial charge in [0, 0.05) is 44.4 Å². The van der Waals surface area contributed by atoms with Gasteiger partial charge in [0.05, 0.1) is 12.6 Å². The number of nitrogens with zero attached hydrogens (tertiary/aromatic N) is 2. The van der Waals surface area contributed by atoms with E-state index in [-0.39, 0.29) is 17.9 Å². The highest BCUT2D eigenvalue weighted by Gasteiger charge is 2.29. The first kappa shape index (κ1) is 14.6. The van der Waals surface area contributed by atoms with Crippen molar-refractivity contribution in [2.24, 2.45) is 0 Å². The molecule has 2 aliphatic heterocycles. The predicted molar refractivity (Wildman–Crippen MR) is 76.0 cm³/mol. The lowest BCUT2D eigenvalue weighted by Gasteiger charge is -2.35. The summed E-state index contributed by atoms with van der Waals surface area (Å²) in [5, 5.41) is 6.01. The summed E-state index contributed by atoms with van der Waals surface area (Å²) in [6.07, 6.45) is 0. The van der Waals surface area contributed by atoms with E-state index in [1.165, 1.54) is 0 Å². The third-order valence-electron chi connectivity index (χ3n) is 3.44. The van der Waals surface area contributed by atoms with Crippen molar-refractivity contribution < 1.29 is 9.59 Å². The van der Waals surface area contributed by atoms with Gasteiger partial charge in [0.1, 0.15) is 0 Å².